The minimum Gasteiger partial charge on any atom is -0.254 e. The van der Waals surface area contributed by atoms with Gasteiger partial charge in [0.05, 0.1) is 22.8 Å². The predicted octanol–water partition coefficient (Wildman–Crippen LogP) is 11.2. The molecule has 0 atom stereocenters. The van der Waals surface area contributed by atoms with Gasteiger partial charge in [-0.2, -0.15) is 0 Å². The molecule has 9 heteroatoms. The van der Waals surface area contributed by atoms with E-state index in [-0.39, 0.29) is 0 Å². The first-order chi connectivity index (χ1) is 29.7. The largest absolute Gasteiger partial charge is 0.254 e. The van der Waals surface area contributed by atoms with E-state index in [1.165, 1.54) is 0 Å². The fourth-order valence-electron chi connectivity index (χ4n) is 6.82. The van der Waals surface area contributed by atoms with Crippen molar-refractivity contribution in [3.05, 3.63) is 200 Å². The van der Waals surface area contributed by atoms with Crippen LogP contribution in [-0.4, -0.2) is 44.9 Å². The van der Waals surface area contributed by atoms with Gasteiger partial charge in [0.25, 0.3) is 0 Å². The third kappa shape index (κ3) is 7.66. The highest BCUT2D eigenvalue weighted by Gasteiger charge is 2.16. The number of nitrogens with zero attached hydrogens (tertiary/aromatic N) is 9. The predicted molar refractivity (Wildman–Crippen MR) is 236 cm³/mol. The van der Waals surface area contributed by atoms with Crippen LogP contribution in [0.15, 0.2) is 200 Å². The molecule has 0 saturated carbocycles. The first kappa shape index (κ1) is 35.9. The molecule has 0 aliphatic rings. The average molecular weight is 772 g/mol. The Morgan fingerprint density at radius 1 is 0.200 bits per heavy atom. The molecular formula is C51H33N9. The second-order valence-electron chi connectivity index (χ2n) is 13.9. The minimum absolute atomic E-state index is 0.530. The maximum atomic E-state index is 5.11. The molecule has 0 saturated heterocycles. The lowest BCUT2D eigenvalue weighted by molar-refractivity contribution is 1.07. The summed E-state index contributed by atoms with van der Waals surface area (Å²) in [5, 5.41) is 0. The summed E-state index contributed by atoms with van der Waals surface area (Å²) in [5.41, 5.74) is 9.97. The van der Waals surface area contributed by atoms with E-state index in [0.717, 1.165) is 44.5 Å². The van der Waals surface area contributed by atoms with Crippen molar-refractivity contribution in [1.82, 2.24) is 44.9 Å². The summed E-state index contributed by atoms with van der Waals surface area (Å²) in [6, 6.07) is 61.9. The molecule has 9 nitrogen and oxygen atoms in total. The van der Waals surface area contributed by atoms with E-state index < -0.39 is 0 Å². The van der Waals surface area contributed by atoms with E-state index >= 15 is 0 Å². The van der Waals surface area contributed by atoms with Gasteiger partial charge < -0.3 is 0 Å². The van der Waals surface area contributed by atoms with Crippen molar-refractivity contribution in [2.45, 2.75) is 0 Å². The standard InChI is InChI=1S/C51H33N9/c1-6-16-34(17-7-1)41-30-44(42-28-26-39(32-52-42)50-57-46(35-18-8-2-9-19-35)55-47(58-50)36-20-10-3-11-21-36)54-45(31-41)43-29-27-40(33-53-43)51-59-48(37-22-12-4-13-23-37)56-49(60-51)38-24-14-5-15-25-38/h1-33H. The zero-order valence-corrected chi connectivity index (χ0v) is 32.1. The second-order valence-corrected chi connectivity index (χ2v) is 13.9. The van der Waals surface area contributed by atoms with E-state index in [9.17, 15) is 0 Å². The molecule has 0 N–H and O–H groups in total. The van der Waals surface area contributed by atoms with E-state index in [2.05, 4.69) is 24.3 Å². The van der Waals surface area contributed by atoms with E-state index in [1.54, 1.807) is 12.4 Å². The molecule has 0 spiro atoms. The lowest BCUT2D eigenvalue weighted by atomic mass is 10.0. The normalized spacial score (nSPS) is 11.0. The summed E-state index contributed by atoms with van der Waals surface area (Å²) in [6.07, 6.45) is 3.58. The third-order valence-corrected chi connectivity index (χ3v) is 9.90. The number of aromatic nitrogens is 9. The van der Waals surface area contributed by atoms with Gasteiger partial charge in [0.15, 0.2) is 34.9 Å². The van der Waals surface area contributed by atoms with Crippen LogP contribution in [0.4, 0.5) is 0 Å². The number of benzene rings is 5. The van der Waals surface area contributed by atoms with Crippen LogP contribution in [0, 0.1) is 0 Å². The number of rotatable bonds is 9. The first-order valence-corrected chi connectivity index (χ1v) is 19.5. The molecule has 0 aliphatic heterocycles. The highest BCUT2D eigenvalue weighted by molar-refractivity contribution is 5.76. The molecule has 0 aliphatic carbocycles. The summed E-state index contributed by atoms with van der Waals surface area (Å²) in [4.78, 5) is 44.1. The molecule has 10 rings (SSSR count). The van der Waals surface area contributed by atoms with Crippen LogP contribution in [0.5, 0.6) is 0 Å². The Bertz CT molecular complexity index is 2740. The quantitative estimate of drug-likeness (QED) is 0.141. The number of pyridine rings is 3. The van der Waals surface area contributed by atoms with Gasteiger partial charge in [-0.3, -0.25) is 9.97 Å². The molecule has 5 aromatic carbocycles. The highest BCUT2D eigenvalue weighted by Crippen LogP contribution is 2.32. The lowest BCUT2D eigenvalue weighted by Crippen LogP contribution is -2.01. The number of hydrogen-bond donors (Lipinski definition) is 0. The van der Waals surface area contributed by atoms with Gasteiger partial charge in [-0.15, -0.1) is 0 Å². The Morgan fingerprint density at radius 3 is 0.767 bits per heavy atom. The smallest absolute Gasteiger partial charge is 0.165 e. The summed E-state index contributed by atoms with van der Waals surface area (Å²) >= 11 is 0. The first-order valence-electron chi connectivity index (χ1n) is 19.5. The average Bonchev–Trinajstić information content (AvgIpc) is 3.35. The molecule has 10 aromatic rings. The molecule has 0 amide bonds. The Hall–Kier alpha value is -8.43. The third-order valence-electron chi connectivity index (χ3n) is 9.90. The SMILES string of the molecule is c1ccc(-c2cc(-c3ccc(-c4nc(-c5ccccc5)nc(-c5ccccc5)n4)cn3)nc(-c3ccc(-c4nc(-c5ccccc5)nc(-c5ccccc5)n4)cn3)c2)cc1. The topological polar surface area (TPSA) is 116 Å². The van der Waals surface area contributed by atoms with Crippen LogP contribution in [0.1, 0.15) is 0 Å². The van der Waals surface area contributed by atoms with Gasteiger partial charge in [0.1, 0.15) is 0 Å². The van der Waals surface area contributed by atoms with Gasteiger partial charge in [-0.25, -0.2) is 34.9 Å². The Kier molecular flexibility index (Phi) is 9.71. The van der Waals surface area contributed by atoms with Gasteiger partial charge >= 0.3 is 0 Å². The van der Waals surface area contributed by atoms with Crippen LogP contribution in [-0.2, 0) is 0 Å². The fourth-order valence-corrected chi connectivity index (χ4v) is 6.82. The molecule has 0 fully saturated rings. The van der Waals surface area contributed by atoms with Crippen molar-refractivity contribution < 1.29 is 0 Å². The minimum atomic E-state index is 0.530. The van der Waals surface area contributed by atoms with Gasteiger partial charge in [-0.1, -0.05) is 152 Å². The van der Waals surface area contributed by atoms with Crippen molar-refractivity contribution in [2.24, 2.45) is 0 Å². The summed E-state index contributed by atoms with van der Waals surface area (Å²) < 4.78 is 0. The Morgan fingerprint density at radius 2 is 0.483 bits per heavy atom. The fraction of sp³-hybridized carbons (Fsp3) is 0. The van der Waals surface area contributed by atoms with Gasteiger partial charge in [-0.05, 0) is 47.5 Å². The summed E-state index contributed by atoms with van der Waals surface area (Å²) in [6.45, 7) is 0. The lowest BCUT2D eigenvalue weighted by Gasteiger charge is -2.11. The van der Waals surface area contributed by atoms with Crippen LogP contribution < -0.4 is 0 Å². The maximum Gasteiger partial charge on any atom is 0.165 e. The van der Waals surface area contributed by atoms with Crippen molar-refractivity contribution in [3.63, 3.8) is 0 Å². The molecule has 0 bridgehead atoms. The number of hydrogen-bond acceptors (Lipinski definition) is 9. The summed E-state index contributed by atoms with van der Waals surface area (Å²) in [5.74, 6) is 3.42. The highest BCUT2D eigenvalue weighted by atomic mass is 15.0. The summed E-state index contributed by atoms with van der Waals surface area (Å²) in [7, 11) is 0. The zero-order chi connectivity index (χ0) is 40.1. The van der Waals surface area contributed by atoms with Crippen LogP contribution in [0.2, 0.25) is 0 Å². The van der Waals surface area contributed by atoms with Crippen molar-refractivity contribution in [1.29, 1.82) is 0 Å². The molecule has 60 heavy (non-hydrogen) atoms. The van der Waals surface area contributed by atoms with Gasteiger partial charge in [0, 0.05) is 45.8 Å². The molecule has 5 aromatic heterocycles. The monoisotopic (exact) mass is 771 g/mol. The van der Waals surface area contributed by atoms with Crippen LogP contribution >= 0.6 is 0 Å². The van der Waals surface area contributed by atoms with E-state index in [4.69, 9.17) is 44.9 Å². The van der Waals surface area contributed by atoms with Crippen LogP contribution in [0.25, 0.3) is 102 Å². The molecule has 0 unspecified atom stereocenters. The van der Waals surface area contributed by atoms with Crippen molar-refractivity contribution >= 4 is 0 Å². The van der Waals surface area contributed by atoms with Crippen molar-refractivity contribution in [2.75, 3.05) is 0 Å². The van der Waals surface area contributed by atoms with E-state index in [1.807, 2.05) is 164 Å². The van der Waals surface area contributed by atoms with Gasteiger partial charge in [0.2, 0.25) is 0 Å². The molecule has 5 heterocycles. The van der Waals surface area contributed by atoms with Crippen LogP contribution in [0.3, 0.4) is 0 Å². The zero-order valence-electron chi connectivity index (χ0n) is 32.1. The van der Waals surface area contributed by atoms with E-state index in [0.29, 0.717) is 57.7 Å². The molecule has 0 radical (unpaired) electrons. The Labute approximate surface area is 346 Å². The molecule has 282 valence electrons. The maximum absolute atomic E-state index is 5.11. The van der Waals surface area contributed by atoms with Crippen molar-refractivity contribution in [3.8, 4) is 102 Å². The Balaban J connectivity index is 1.01. The molecular weight excluding hydrogens is 739 g/mol. The second kappa shape index (κ2) is 16.2.